The summed E-state index contributed by atoms with van der Waals surface area (Å²) in [5.41, 5.74) is 9.26. The van der Waals surface area contributed by atoms with E-state index in [4.69, 9.17) is 10.7 Å². The van der Waals surface area contributed by atoms with Crippen LogP contribution < -0.4 is 16.6 Å². The van der Waals surface area contributed by atoms with Gasteiger partial charge in [-0.1, -0.05) is 72.8 Å². The van der Waals surface area contributed by atoms with Gasteiger partial charge in [0.1, 0.15) is 11.4 Å². The molecule has 9 nitrogen and oxygen atoms in total. The summed E-state index contributed by atoms with van der Waals surface area (Å²) in [4.78, 5) is 36.7. The van der Waals surface area contributed by atoms with Crippen molar-refractivity contribution in [2.75, 3.05) is 5.73 Å². The second kappa shape index (κ2) is 10.3. The van der Waals surface area contributed by atoms with E-state index < -0.39 is 11.9 Å². The maximum absolute atomic E-state index is 14.2. The molecule has 6 rings (SSSR count). The van der Waals surface area contributed by atoms with E-state index in [0.29, 0.717) is 28.1 Å². The zero-order chi connectivity index (χ0) is 27.6. The van der Waals surface area contributed by atoms with Gasteiger partial charge in [-0.25, -0.2) is 14.5 Å². The monoisotopic (exact) mass is 527 g/mol. The Labute approximate surface area is 229 Å². The topological polar surface area (TPSA) is 120 Å². The van der Waals surface area contributed by atoms with Crippen LogP contribution in [0.3, 0.4) is 0 Å². The number of nitrogens with zero attached hydrogens (tertiary/aromatic N) is 5. The standard InChI is InChI=1S/C31H25N7O2/c1-20(34-30(39)26-27(32)36-37-19-9-18-33-29(26)37)28-35-24-15-8-12-22(17-16-21-10-4-2-5-11-21)25(24)31(40)38(28)23-13-6-3-7-14-23/h2-20H,1H3,(H2,32,36)(H,34,39)/b17-16+. The van der Waals surface area contributed by atoms with Gasteiger partial charge in [-0.3, -0.25) is 14.2 Å². The Morgan fingerprint density at radius 1 is 0.950 bits per heavy atom. The van der Waals surface area contributed by atoms with E-state index in [1.54, 1.807) is 36.0 Å². The molecule has 0 saturated carbocycles. The Kier molecular flexibility index (Phi) is 6.37. The highest BCUT2D eigenvalue weighted by Crippen LogP contribution is 2.23. The molecule has 0 aliphatic rings. The van der Waals surface area contributed by atoms with Gasteiger partial charge in [0.15, 0.2) is 11.5 Å². The van der Waals surface area contributed by atoms with Crippen molar-refractivity contribution in [3.8, 4) is 5.69 Å². The van der Waals surface area contributed by atoms with Crippen molar-refractivity contribution in [3.63, 3.8) is 0 Å². The molecule has 3 N–H and O–H groups in total. The Bertz CT molecular complexity index is 1940. The first-order chi connectivity index (χ1) is 19.5. The van der Waals surface area contributed by atoms with E-state index in [2.05, 4.69) is 15.4 Å². The summed E-state index contributed by atoms with van der Waals surface area (Å²) < 4.78 is 3.00. The van der Waals surface area contributed by atoms with Crippen molar-refractivity contribution in [2.45, 2.75) is 13.0 Å². The van der Waals surface area contributed by atoms with Crippen molar-refractivity contribution in [1.82, 2.24) is 29.5 Å². The molecular weight excluding hydrogens is 502 g/mol. The van der Waals surface area contributed by atoms with Crippen LogP contribution in [-0.2, 0) is 0 Å². The number of fused-ring (bicyclic) bond motifs is 2. The van der Waals surface area contributed by atoms with Gasteiger partial charge < -0.3 is 11.1 Å². The molecule has 0 fully saturated rings. The number of hydrogen-bond donors (Lipinski definition) is 2. The number of benzene rings is 3. The molecular formula is C31H25N7O2. The van der Waals surface area contributed by atoms with Crippen LogP contribution in [0.5, 0.6) is 0 Å². The molecule has 3 aromatic heterocycles. The van der Waals surface area contributed by atoms with E-state index in [9.17, 15) is 9.59 Å². The zero-order valence-corrected chi connectivity index (χ0v) is 21.6. The van der Waals surface area contributed by atoms with Crippen LogP contribution in [0, 0.1) is 0 Å². The fraction of sp³-hybridized carbons (Fsp3) is 0.0645. The van der Waals surface area contributed by atoms with Gasteiger partial charge in [0.25, 0.3) is 11.5 Å². The summed E-state index contributed by atoms with van der Waals surface area (Å²) in [7, 11) is 0. The summed E-state index contributed by atoms with van der Waals surface area (Å²) in [6.07, 6.45) is 7.12. The van der Waals surface area contributed by atoms with Crippen LogP contribution >= 0.6 is 0 Å². The molecule has 0 saturated heterocycles. The van der Waals surface area contributed by atoms with Crippen molar-refractivity contribution >= 4 is 40.4 Å². The lowest BCUT2D eigenvalue weighted by Crippen LogP contribution is -2.33. The van der Waals surface area contributed by atoms with Crippen LogP contribution in [0.4, 0.5) is 5.82 Å². The third-order valence-corrected chi connectivity index (χ3v) is 6.61. The zero-order valence-electron chi connectivity index (χ0n) is 21.6. The number of aromatic nitrogens is 5. The van der Waals surface area contributed by atoms with Gasteiger partial charge in [0.2, 0.25) is 0 Å². The van der Waals surface area contributed by atoms with Gasteiger partial charge in [0, 0.05) is 12.4 Å². The highest BCUT2D eigenvalue weighted by molar-refractivity contribution is 6.04. The van der Waals surface area contributed by atoms with Crippen LogP contribution in [0.25, 0.3) is 34.4 Å². The van der Waals surface area contributed by atoms with Gasteiger partial charge in [-0.2, -0.15) is 0 Å². The first-order valence-electron chi connectivity index (χ1n) is 12.7. The lowest BCUT2D eigenvalue weighted by atomic mass is 10.1. The molecule has 6 aromatic rings. The number of carbonyl (C=O) groups excluding carboxylic acids is 1. The molecule has 0 bridgehead atoms. The number of carbonyl (C=O) groups is 1. The molecule has 196 valence electrons. The Morgan fingerprint density at radius 2 is 1.70 bits per heavy atom. The highest BCUT2D eigenvalue weighted by atomic mass is 16.2. The van der Waals surface area contributed by atoms with Gasteiger partial charge in [-0.15, -0.1) is 5.10 Å². The van der Waals surface area contributed by atoms with Gasteiger partial charge in [0.05, 0.1) is 22.6 Å². The molecule has 0 spiro atoms. The van der Waals surface area contributed by atoms with Crippen LogP contribution in [0.1, 0.15) is 40.3 Å². The first-order valence-corrected chi connectivity index (χ1v) is 12.7. The third kappa shape index (κ3) is 4.49. The number of nitrogens with two attached hydrogens (primary N) is 1. The Morgan fingerprint density at radius 3 is 2.48 bits per heavy atom. The number of rotatable bonds is 6. The molecule has 0 radical (unpaired) electrons. The Hall–Kier alpha value is -5.57. The fourth-order valence-corrected chi connectivity index (χ4v) is 4.73. The predicted molar refractivity (Wildman–Crippen MR) is 156 cm³/mol. The van der Waals surface area contributed by atoms with Crippen molar-refractivity contribution in [1.29, 1.82) is 0 Å². The SMILES string of the molecule is CC(NC(=O)c1c(N)nn2cccnc12)c1nc2cccc(/C=C/c3ccccc3)c2c(=O)n1-c1ccccc1. The van der Waals surface area contributed by atoms with Gasteiger partial charge in [-0.05, 0) is 42.3 Å². The van der Waals surface area contributed by atoms with Crippen LogP contribution in [-0.4, -0.2) is 30.1 Å². The molecule has 1 atom stereocenters. The Balaban J connectivity index is 1.47. The smallest absolute Gasteiger partial charge is 0.266 e. The van der Waals surface area contributed by atoms with Crippen LogP contribution in [0.2, 0.25) is 0 Å². The average molecular weight is 528 g/mol. The second-order valence-electron chi connectivity index (χ2n) is 9.27. The second-order valence-corrected chi connectivity index (χ2v) is 9.27. The van der Waals surface area contributed by atoms with Crippen molar-refractivity contribution in [2.24, 2.45) is 0 Å². The van der Waals surface area contributed by atoms with Gasteiger partial charge >= 0.3 is 0 Å². The molecule has 3 aromatic carbocycles. The quantitative estimate of drug-likeness (QED) is 0.304. The number of nitrogens with one attached hydrogen (secondary N) is 1. The number of anilines is 1. The summed E-state index contributed by atoms with van der Waals surface area (Å²) >= 11 is 0. The molecule has 0 aliphatic carbocycles. The lowest BCUT2D eigenvalue weighted by molar-refractivity contribution is 0.0940. The van der Waals surface area contributed by atoms with Crippen molar-refractivity contribution in [3.05, 3.63) is 130 Å². The minimum absolute atomic E-state index is 0.0603. The summed E-state index contributed by atoms with van der Waals surface area (Å²) in [5, 5.41) is 7.61. The number of amides is 1. The molecule has 40 heavy (non-hydrogen) atoms. The summed E-state index contributed by atoms with van der Waals surface area (Å²) in [6.45, 7) is 1.78. The van der Waals surface area contributed by atoms with E-state index in [-0.39, 0.29) is 16.9 Å². The largest absolute Gasteiger partial charge is 0.381 e. The maximum Gasteiger partial charge on any atom is 0.266 e. The highest BCUT2D eigenvalue weighted by Gasteiger charge is 2.24. The van der Waals surface area contributed by atoms with E-state index in [1.165, 1.54) is 4.52 Å². The molecule has 0 aliphatic heterocycles. The number of nitrogen functional groups attached to an aromatic ring is 1. The van der Waals surface area contributed by atoms with Crippen molar-refractivity contribution < 1.29 is 4.79 Å². The predicted octanol–water partition coefficient (Wildman–Crippen LogP) is 4.67. The number of hydrogen-bond acceptors (Lipinski definition) is 6. The van der Waals surface area contributed by atoms with E-state index in [1.807, 2.05) is 84.9 Å². The molecule has 3 heterocycles. The van der Waals surface area contributed by atoms with E-state index in [0.717, 1.165) is 11.1 Å². The fourth-order valence-electron chi connectivity index (χ4n) is 4.73. The minimum atomic E-state index is -0.661. The summed E-state index contributed by atoms with van der Waals surface area (Å²) in [5.74, 6) is -0.0263. The summed E-state index contributed by atoms with van der Waals surface area (Å²) in [6, 6.07) is 25.7. The minimum Gasteiger partial charge on any atom is -0.381 e. The molecule has 1 amide bonds. The lowest BCUT2D eigenvalue weighted by Gasteiger charge is -2.20. The van der Waals surface area contributed by atoms with Crippen LogP contribution in [0.15, 0.2) is 102 Å². The first kappa shape index (κ1) is 24.7. The maximum atomic E-state index is 14.2. The third-order valence-electron chi connectivity index (χ3n) is 6.61. The molecule has 1 unspecified atom stereocenters. The number of para-hydroxylation sites is 1. The van der Waals surface area contributed by atoms with E-state index >= 15 is 0 Å². The average Bonchev–Trinajstić information content (AvgIpc) is 3.32. The normalized spacial score (nSPS) is 12.2. The molecule has 9 heteroatoms.